The number of aromatic nitrogens is 1. The maximum atomic E-state index is 12.7. The molecule has 166 valence electrons. The van der Waals surface area contributed by atoms with Gasteiger partial charge in [0.05, 0.1) is 12.2 Å². The Morgan fingerprint density at radius 1 is 1.13 bits per heavy atom. The van der Waals surface area contributed by atoms with Crippen LogP contribution in [0.5, 0.6) is 0 Å². The number of nitrogens with zero attached hydrogens (tertiary/aromatic N) is 4. The number of piperidine rings is 1. The van der Waals surface area contributed by atoms with Crippen molar-refractivity contribution in [2.45, 2.75) is 25.8 Å². The summed E-state index contributed by atoms with van der Waals surface area (Å²) in [5.41, 5.74) is 0.975. The number of amides is 2. The number of carbonyl (C=O) groups excluding carboxylic acids is 2. The fourth-order valence-corrected chi connectivity index (χ4v) is 4.25. The van der Waals surface area contributed by atoms with Crippen molar-refractivity contribution in [1.82, 2.24) is 20.1 Å². The second kappa shape index (κ2) is 9.96. The summed E-state index contributed by atoms with van der Waals surface area (Å²) in [4.78, 5) is 36.2. The van der Waals surface area contributed by atoms with E-state index < -0.39 is 0 Å². The highest BCUT2D eigenvalue weighted by atomic mass is 16.3. The number of likely N-dealkylation sites (N-methyl/N-ethyl adjacent to an activating group) is 1. The van der Waals surface area contributed by atoms with Gasteiger partial charge in [0.1, 0.15) is 5.82 Å². The number of hydrogen-bond donors (Lipinski definition) is 1. The molecule has 2 saturated heterocycles. The molecule has 2 fully saturated rings. The van der Waals surface area contributed by atoms with Gasteiger partial charge in [-0.25, -0.2) is 4.98 Å². The average molecular weight is 426 g/mol. The fraction of sp³-hybridized carbons (Fsp3) is 0.522. The van der Waals surface area contributed by atoms with Crippen LogP contribution in [0.4, 0.5) is 5.82 Å². The van der Waals surface area contributed by atoms with E-state index in [1.807, 2.05) is 18.3 Å². The molecule has 4 heterocycles. The van der Waals surface area contributed by atoms with E-state index in [1.54, 1.807) is 17.0 Å². The van der Waals surface area contributed by atoms with E-state index in [1.165, 1.54) is 6.26 Å². The van der Waals surface area contributed by atoms with Gasteiger partial charge in [-0.3, -0.25) is 9.59 Å². The van der Waals surface area contributed by atoms with Crippen LogP contribution in [0.3, 0.4) is 0 Å². The Kier molecular flexibility index (Phi) is 6.86. The Bertz CT molecular complexity index is 868. The monoisotopic (exact) mass is 425 g/mol. The first kappa shape index (κ1) is 21.4. The summed E-state index contributed by atoms with van der Waals surface area (Å²) in [6.45, 7) is 5.67. The zero-order valence-corrected chi connectivity index (χ0v) is 18.1. The van der Waals surface area contributed by atoms with E-state index in [0.717, 1.165) is 56.8 Å². The van der Waals surface area contributed by atoms with Crippen molar-refractivity contribution in [2.24, 2.45) is 5.92 Å². The fourth-order valence-electron chi connectivity index (χ4n) is 4.25. The molecule has 0 saturated carbocycles. The van der Waals surface area contributed by atoms with Crippen LogP contribution in [0.1, 0.15) is 35.4 Å². The van der Waals surface area contributed by atoms with Crippen molar-refractivity contribution >= 4 is 17.6 Å². The van der Waals surface area contributed by atoms with E-state index in [2.05, 4.69) is 27.1 Å². The van der Waals surface area contributed by atoms with Crippen molar-refractivity contribution in [3.05, 3.63) is 48.0 Å². The van der Waals surface area contributed by atoms with Crippen LogP contribution in [-0.4, -0.2) is 72.9 Å². The third-order valence-electron chi connectivity index (χ3n) is 6.13. The summed E-state index contributed by atoms with van der Waals surface area (Å²) >= 11 is 0. The lowest BCUT2D eigenvalue weighted by atomic mass is 9.97. The van der Waals surface area contributed by atoms with Crippen molar-refractivity contribution in [1.29, 1.82) is 0 Å². The van der Waals surface area contributed by atoms with Gasteiger partial charge in [0.25, 0.3) is 5.91 Å². The molecule has 0 aliphatic carbocycles. The summed E-state index contributed by atoms with van der Waals surface area (Å²) in [5, 5.41) is 3.02. The Labute approximate surface area is 183 Å². The van der Waals surface area contributed by atoms with Gasteiger partial charge >= 0.3 is 0 Å². The number of hydrogen-bond acceptors (Lipinski definition) is 6. The van der Waals surface area contributed by atoms with Gasteiger partial charge in [0, 0.05) is 45.5 Å². The standard InChI is InChI=1S/C23H31N5O3/c1-26-9-4-11-27(13-12-26)21-8-7-18(15-24-21)16-25-22(29)19-5-2-10-28(17-19)23(30)20-6-3-14-31-20/h3,6-8,14-15,19H,2,4-5,9-13,16-17H2,1H3,(H,25,29). The number of pyridine rings is 1. The number of rotatable bonds is 5. The molecule has 0 spiro atoms. The normalized spacial score (nSPS) is 20.4. The molecular formula is C23H31N5O3. The molecule has 4 rings (SSSR count). The summed E-state index contributed by atoms with van der Waals surface area (Å²) in [6, 6.07) is 7.43. The number of nitrogens with one attached hydrogen (secondary N) is 1. The van der Waals surface area contributed by atoms with Crippen LogP contribution in [-0.2, 0) is 11.3 Å². The second-order valence-corrected chi connectivity index (χ2v) is 8.45. The molecule has 0 bridgehead atoms. The molecule has 8 nitrogen and oxygen atoms in total. The second-order valence-electron chi connectivity index (χ2n) is 8.45. The highest BCUT2D eigenvalue weighted by Crippen LogP contribution is 2.20. The quantitative estimate of drug-likeness (QED) is 0.789. The molecule has 2 aromatic rings. The van der Waals surface area contributed by atoms with E-state index in [0.29, 0.717) is 25.4 Å². The number of anilines is 1. The van der Waals surface area contributed by atoms with Crippen LogP contribution >= 0.6 is 0 Å². The summed E-state index contributed by atoms with van der Waals surface area (Å²) in [6.07, 6.45) is 6.07. The minimum atomic E-state index is -0.200. The van der Waals surface area contributed by atoms with Crippen LogP contribution in [0, 0.1) is 5.92 Å². The van der Waals surface area contributed by atoms with Gasteiger partial charge in [0.2, 0.25) is 5.91 Å². The van der Waals surface area contributed by atoms with Gasteiger partial charge in [-0.1, -0.05) is 6.07 Å². The molecular weight excluding hydrogens is 394 g/mol. The molecule has 2 aromatic heterocycles. The minimum Gasteiger partial charge on any atom is -0.459 e. The van der Waals surface area contributed by atoms with E-state index in [-0.39, 0.29) is 17.7 Å². The third kappa shape index (κ3) is 5.44. The van der Waals surface area contributed by atoms with Crippen molar-refractivity contribution in [3.63, 3.8) is 0 Å². The first-order valence-corrected chi connectivity index (χ1v) is 11.1. The molecule has 1 N–H and O–H groups in total. The number of likely N-dealkylation sites (tertiary alicyclic amines) is 1. The predicted molar refractivity (Wildman–Crippen MR) is 118 cm³/mol. The molecule has 1 unspecified atom stereocenters. The molecule has 0 radical (unpaired) electrons. The van der Waals surface area contributed by atoms with Crippen LogP contribution < -0.4 is 10.2 Å². The number of furan rings is 1. The highest BCUT2D eigenvalue weighted by molar-refractivity contribution is 5.92. The van der Waals surface area contributed by atoms with Gasteiger partial charge in [0.15, 0.2) is 5.76 Å². The highest BCUT2D eigenvalue weighted by Gasteiger charge is 2.29. The summed E-state index contributed by atoms with van der Waals surface area (Å²) in [7, 11) is 2.15. The Morgan fingerprint density at radius 3 is 2.81 bits per heavy atom. The molecule has 31 heavy (non-hydrogen) atoms. The van der Waals surface area contributed by atoms with E-state index >= 15 is 0 Å². The third-order valence-corrected chi connectivity index (χ3v) is 6.13. The van der Waals surface area contributed by atoms with Crippen LogP contribution in [0.2, 0.25) is 0 Å². The Morgan fingerprint density at radius 2 is 2.03 bits per heavy atom. The topological polar surface area (TPSA) is 81.9 Å². The van der Waals surface area contributed by atoms with Gasteiger partial charge in [-0.05, 0) is 56.6 Å². The Balaban J connectivity index is 1.27. The van der Waals surface area contributed by atoms with Gasteiger partial charge < -0.3 is 24.4 Å². The molecule has 2 aliphatic rings. The van der Waals surface area contributed by atoms with Crippen molar-refractivity contribution in [2.75, 3.05) is 51.2 Å². The average Bonchev–Trinajstić information content (AvgIpc) is 3.26. The van der Waals surface area contributed by atoms with Crippen molar-refractivity contribution < 1.29 is 14.0 Å². The molecule has 2 aliphatic heterocycles. The minimum absolute atomic E-state index is 0.0171. The molecule has 1 atom stereocenters. The van der Waals surface area contributed by atoms with E-state index in [9.17, 15) is 9.59 Å². The summed E-state index contributed by atoms with van der Waals surface area (Å²) < 4.78 is 5.21. The predicted octanol–water partition coefficient (Wildman–Crippen LogP) is 1.99. The molecule has 2 amide bonds. The zero-order valence-electron chi connectivity index (χ0n) is 18.1. The molecule has 0 aromatic carbocycles. The Hall–Kier alpha value is -2.87. The first-order valence-electron chi connectivity index (χ1n) is 11.1. The van der Waals surface area contributed by atoms with Gasteiger partial charge in [-0.2, -0.15) is 0 Å². The SMILES string of the molecule is CN1CCCN(c2ccc(CNC(=O)C3CCCN(C(=O)c4ccco4)C3)cn2)CC1. The zero-order chi connectivity index (χ0) is 21.6. The van der Waals surface area contributed by atoms with Gasteiger partial charge in [-0.15, -0.1) is 0 Å². The lowest BCUT2D eigenvalue weighted by Gasteiger charge is -2.31. The first-order chi connectivity index (χ1) is 15.1. The maximum absolute atomic E-state index is 12.7. The lowest BCUT2D eigenvalue weighted by Crippen LogP contribution is -2.45. The van der Waals surface area contributed by atoms with Crippen molar-refractivity contribution in [3.8, 4) is 0 Å². The molecule has 8 heteroatoms. The largest absolute Gasteiger partial charge is 0.459 e. The summed E-state index contributed by atoms with van der Waals surface area (Å²) in [5.74, 6) is 0.945. The number of carbonyl (C=O) groups is 2. The van der Waals surface area contributed by atoms with Crippen LogP contribution in [0.15, 0.2) is 41.1 Å². The smallest absolute Gasteiger partial charge is 0.289 e. The lowest BCUT2D eigenvalue weighted by molar-refractivity contribution is -0.126. The maximum Gasteiger partial charge on any atom is 0.289 e. The van der Waals surface area contributed by atoms with Crippen LogP contribution in [0.25, 0.3) is 0 Å². The van der Waals surface area contributed by atoms with E-state index in [4.69, 9.17) is 4.42 Å².